The number of aryl methyl sites for hydroxylation is 2. The Balaban J connectivity index is 1.66. The number of aromatic nitrogens is 4. The molecule has 0 unspecified atom stereocenters. The Hall–Kier alpha value is -3.14. The number of thiophene rings is 1. The van der Waals surface area contributed by atoms with Crippen LogP contribution >= 0.6 is 11.3 Å². The molecule has 0 spiro atoms. The van der Waals surface area contributed by atoms with Crippen LogP contribution in [0.25, 0.3) is 11.9 Å². The molecule has 0 aromatic carbocycles. The van der Waals surface area contributed by atoms with Crippen molar-refractivity contribution in [3.63, 3.8) is 0 Å². The summed E-state index contributed by atoms with van der Waals surface area (Å²) in [4.78, 5) is 27.0. The van der Waals surface area contributed by atoms with Crippen molar-refractivity contribution in [2.24, 2.45) is 0 Å². The van der Waals surface area contributed by atoms with Crippen LogP contribution in [0.1, 0.15) is 22.1 Å². The van der Waals surface area contributed by atoms with E-state index in [9.17, 15) is 14.9 Å². The third-order valence-electron chi connectivity index (χ3n) is 3.37. The fraction of sp³-hybridized carbons (Fsp3) is 0.200. The number of rotatable bonds is 5. The molecule has 1 N–H and O–H groups in total. The minimum Gasteiger partial charge on any atom is -0.345 e. The van der Waals surface area contributed by atoms with Gasteiger partial charge in [0.15, 0.2) is 5.82 Å². The zero-order chi connectivity index (χ0) is 18.0. The number of amides is 1. The van der Waals surface area contributed by atoms with Gasteiger partial charge in [-0.15, -0.1) is 10.2 Å². The average molecular weight is 358 g/mol. The normalized spacial score (nSPS) is 11.3. The van der Waals surface area contributed by atoms with Gasteiger partial charge in [-0.25, -0.2) is 4.98 Å². The lowest BCUT2D eigenvalue weighted by molar-refractivity contribution is -0.380. The summed E-state index contributed by atoms with van der Waals surface area (Å²) >= 11 is 1.00. The highest BCUT2D eigenvalue weighted by molar-refractivity contribution is 7.16. The third-order valence-corrected chi connectivity index (χ3v) is 4.37. The van der Waals surface area contributed by atoms with Crippen molar-refractivity contribution in [3.8, 4) is 0 Å². The fourth-order valence-electron chi connectivity index (χ4n) is 2.33. The van der Waals surface area contributed by atoms with Gasteiger partial charge in [-0.05, 0) is 32.1 Å². The van der Waals surface area contributed by atoms with Gasteiger partial charge < -0.3 is 5.32 Å². The molecule has 0 saturated heterocycles. The van der Waals surface area contributed by atoms with Crippen LogP contribution in [0, 0.1) is 24.0 Å². The molecule has 0 fully saturated rings. The zero-order valence-electron chi connectivity index (χ0n) is 13.5. The Morgan fingerprint density at radius 3 is 2.92 bits per heavy atom. The maximum atomic E-state index is 11.9. The van der Waals surface area contributed by atoms with E-state index in [0.717, 1.165) is 22.7 Å². The van der Waals surface area contributed by atoms with Gasteiger partial charge in [0.25, 0.3) is 5.78 Å². The van der Waals surface area contributed by atoms with Gasteiger partial charge in [0.05, 0.1) is 11.5 Å². The van der Waals surface area contributed by atoms with Crippen molar-refractivity contribution in [2.45, 2.75) is 20.4 Å². The quantitative estimate of drug-likeness (QED) is 0.424. The lowest BCUT2D eigenvalue weighted by Gasteiger charge is -2.04. The Morgan fingerprint density at radius 2 is 2.20 bits per heavy atom. The maximum absolute atomic E-state index is 11.9. The first-order valence-electron chi connectivity index (χ1n) is 7.32. The standard InChI is InChI=1S/C15H14N6O3S/c1-9-7-10(2)20-12(18-19-15(20)17-9)8-16-13(22)5-3-11-4-6-14(25-11)21(23)24/h3-7H,8H2,1-2H3,(H,16,22)/b5-3+. The molecular weight excluding hydrogens is 344 g/mol. The van der Waals surface area contributed by atoms with Gasteiger partial charge in [0, 0.05) is 28.4 Å². The van der Waals surface area contributed by atoms with Crippen LogP contribution < -0.4 is 5.32 Å². The molecule has 3 aromatic heterocycles. The molecule has 0 atom stereocenters. The van der Waals surface area contributed by atoms with Crippen LogP contribution in [-0.2, 0) is 11.3 Å². The lowest BCUT2D eigenvalue weighted by atomic mass is 10.3. The van der Waals surface area contributed by atoms with Crippen LogP contribution in [0.2, 0.25) is 0 Å². The molecule has 0 aliphatic heterocycles. The Morgan fingerprint density at radius 1 is 1.40 bits per heavy atom. The summed E-state index contributed by atoms with van der Waals surface area (Å²) in [5.74, 6) is 0.738. The molecule has 0 radical (unpaired) electrons. The van der Waals surface area contributed by atoms with E-state index in [4.69, 9.17) is 0 Å². The van der Waals surface area contributed by atoms with Crippen LogP contribution in [-0.4, -0.2) is 30.4 Å². The summed E-state index contributed by atoms with van der Waals surface area (Å²) in [5, 5.41) is 21.4. The Kier molecular flexibility index (Phi) is 4.52. The minimum atomic E-state index is -0.462. The second-order valence-electron chi connectivity index (χ2n) is 5.27. The van der Waals surface area contributed by atoms with Crippen molar-refractivity contribution in [1.29, 1.82) is 0 Å². The number of hydrogen-bond acceptors (Lipinski definition) is 7. The molecule has 0 aliphatic rings. The molecule has 3 heterocycles. The van der Waals surface area contributed by atoms with E-state index in [2.05, 4.69) is 20.5 Å². The number of hydrogen-bond donors (Lipinski definition) is 1. The highest BCUT2D eigenvalue weighted by atomic mass is 32.1. The fourth-order valence-corrected chi connectivity index (χ4v) is 3.05. The average Bonchev–Trinajstić information content (AvgIpc) is 3.17. The number of fused-ring (bicyclic) bond motifs is 1. The first-order chi connectivity index (χ1) is 11.9. The molecule has 128 valence electrons. The molecular formula is C15H14N6O3S. The topological polar surface area (TPSA) is 115 Å². The Labute approximate surface area is 146 Å². The monoisotopic (exact) mass is 358 g/mol. The van der Waals surface area contributed by atoms with Gasteiger partial charge in [-0.2, -0.15) is 0 Å². The maximum Gasteiger partial charge on any atom is 0.324 e. The van der Waals surface area contributed by atoms with Crippen LogP contribution in [0.3, 0.4) is 0 Å². The summed E-state index contributed by atoms with van der Waals surface area (Å²) in [6.07, 6.45) is 2.86. The summed E-state index contributed by atoms with van der Waals surface area (Å²) in [6, 6.07) is 4.91. The SMILES string of the molecule is Cc1cc(C)n2c(CNC(=O)/C=C/c3ccc([N+](=O)[O-])s3)nnc2n1. The highest BCUT2D eigenvalue weighted by Crippen LogP contribution is 2.24. The number of nitrogens with one attached hydrogen (secondary N) is 1. The molecule has 0 bridgehead atoms. The minimum absolute atomic E-state index is 0.0354. The van der Waals surface area contributed by atoms with E-state index in [1.807, 2.05) is 19.9 Å². The molecule has 0 aliphatic carbocycles. The predicted molar refractivity (Wildman–Crippen MR) is 92.1 cm³/mol. The third kappa shape index (κ3) is 3.69. The smallest absolute Gasteiger partial charge is 0.324 e. The van der Waals surface area contributed by atoms with Crippen LogP contribution in [0.15, 0.2) is 24.3 Å². The van der Waals surface area contributed by atoms with Gasteiger partial charge >= 0.3 is 5.00 Å². The number of carbonyl (C=O) groups is 1. The van der Waals surface area contributed by atoms with Crippen LogP contribution in [0.4, 0.5) is 5.00 Å². The number of carbonyl (C=O) groups excluding carboxylic acids is 1. The molecule has 10 heteroatoms. The molecule has 9 nitrogen and oxygen atoms in total. The largest absolute Gasteiger partial charge is 0.345 e. The van der Waals surface area contributed by atoms with Gasteiger partial charge in [-0.3, -0.25) is 19.3 Å². The van der Waals surface area contributed by atoms with E-state index in [0.29, 0.717) is 16.5 Å². The van der Waals surface area contributed by atoms with E-state index < -0.39 is 4.92 Å². The first-order valence-corrected chi connectivity index (χ1v) is 8.14. The molecule has 3 aromatic rings. The molecule has 1 amide bonds. The van der Waals surface area contributed by atoms with E-state index in [1.54, 1.807) is 10.5 Å². The van der Waals surface area contributed by atoms with Crippen molar-refractivity contribution in [3.05, 3.63) is 56.5 Å². The second kappa shape index (κ2) is 6.77. The van der Waals surface area contributed by atoms with E-state index in [1.165, 1.54) is 18.2 Å². The van der Waals surface area contributed by atoms with E-state index in [-0.39, 0.29) is 17.5 Å². The van der Waals surface area contributed by atoms with Crippen molar-refractivity contribution < 1.29 is 9.72 Å². The van der Waals surface area contributed by atoms with Gasteiger partial charge in [0.2, 0.25) is 5.91 Å². The summed E-state index contributed by atoms with van der Waals surface area (Å²) < 4.78 is 1.78. The number of nitrogens with zero attached hydrogens (tertiary/aromatic N) is 5. The van der Waals surface area contributed by atoms with Crippen molar-refractivity contribution in [1.82, 2.24) is 24.9 Å². The van der Waals surface area contributed by atoms with Crippen molar-refractivity contribution in [2.75, 3.05) is 0 Å². The molecule has 0 saturated carbocycles. The van der Waals surface area contributed by atoms with E-state index >= 15 is 0 Å². The lowest BCUT2D eigenvalue weighted by Crippen LogP contribution is -2.22. The summed E-state index contributed by atoms with van der Waals surface area (Å²) in [6.45, 7) is 3.99. The highest BCUT2D eigenvalue weighted by Gasteiger charge is 2.11. The zero-order valence-corrected chi connectivity index (χ0v) is 14.3. The van der Waals surface area contributed by atoms with Gasteiger partial charge in [-0.1, -0.05) is 11.3 Å². The first kappa shape index (κ1) is 16.7. The summed E-state index contributed by atoms with van der Waals surface area (Å²) in [7, 11) is 0. The Bertz CT molecular complexity index is 990. The van der Waals surface area contributed by atoms with Gasteiger partial charge in [0.1, 0.15) is 0 Å². The number of nitro groups is 1. The molecule has 3 rings (SSSR count). The molecule has 25 heavy (non-hydrogen) atoms. The summed E-state index contributed by atoms with van der Waals surface area (Å²) in [5.41, 5.74) is 1.78. The van der Waals surface area contributed by atoms with Crippen LogP contribution in [0.5, 0.6) is 0 Å². The predicted octanol–water partition coefficient (Wildman–Crippen LogP) is 2.04. The van der Waals surface area contributed by atoms with Crippen molar-refractivity contribution >= 4 is 34.1 Å². The second-order valence-corrected chi connectivity index (χ2v) is 6.37.